The molecule has 2 aliphatic rings. The summed E-state index contributed by atoms with van der Waals surface area (Å²) >= 11 is 6.02. The molecular formula is C18H28ClN3. The molecule has 3 nitrogen and oxygen atoms in total. The van der Waals surface area contributed by atoms with E-state index in [1.165, 1.54) is 38.9 Å². The van der Waals surface area contributed by atoms with Gasteiger partial charge >= 0.3 is 0 Å². The molecule has 0 unspecified atom stereocenters. The van der Waals surface area contributed by atoms with E-state index in [0.29, 0.717) is 17.1 Å². The second-order valence-corrected chi connectivity index (χ2v) is 7.68. The molecule has 1 saturated heterocycles. The lowest BCUT2D eigenvalue weighted by Crippen LogP contribution is -2.45. The van der Waals surface area contributed by atoms with Crippen LogP contribution in [0.1, 0.15) is 38.8 Å². The van der Waals surface area contributed by atoms with Crippen molar-refractivity contribution in [3.63, 3.8) is 0 Å². The molecule has 0 aromatic carbocycles. The quantitative estimate of drug-likeness (QED) is 0.771. The fourth-order valence-electron chi connectivity index (χ4n) is 3.54. The van der Waals surface area contributed by atoms with Gasteiger partial charge in [-0.05, 0) is 56.3 Å². The maximum atomic E-state index is 6.02. The first-order valence-electron chi connectivity index (χ1n) is 8.69. The van der Waals surface area contributed by atoms with Crippen LogP contribution in [0.4, 0.5) is 0 Å². The van der Waals surface area contributed by atoms with E-state index in [0.717, 1.165) is 24.7 Å². The van der Waals surface area contributed by atoms with Crippen LogP contribution in [0, 0.1) is 11.8 Å². The van der Waals surface area contributed by atoms with Crippen LogP contribution < -0.4 is 0 Å². The Balaban J connectivity index is 1.65. The van der Waals surface area contributed by atoms with Gasteiger partial charge in [-0.3, -0.25) is 9.80 Å². The molecule has 122 valence electrons. The molecule has 2 heterocycles. The number of hydrogen-bond acceptors (Lipinski definition) is 3. The molecule has 1 atom stereocenters. The zero-order valence-electron chi connectivity index (χ0n) is 13.8. The first-order chi connectivity index (χ1) is 10.6. The van der Waals surface area contributed by atoms with Gasteiger partial charge in [-0.2, -0.15) is 0 Å². The van der Waals surface area contributed by atoms with Gasteiger partial charge in [-0.15, -0.1) is 0 Å². The van der Waals surface area contributed by atoms with Gasteiger partial charge < -0.3 is 0 Å². The normalized spacial score (nSPS) is 24.6. The highest BCUT2D eigenvalue weighted by Gasteiger charge is 2.32. The summed E-state index contributed by atoms with van der Waals surface area (Å²) in [6.07, 6.45) is 4.14. The highest BCUT2D eigenvalue weighted by Crippen LogP contribution is 2.32. The monoisotopic (exact) mass is 321 g/mol. The van der Waals surface area contributed by atoms with Crippen molar-refractivity contribution in [2.24, 2.45) is 11.8 Å². The van der Waals surface area contributed by atoms with Crippen LogP contribution in [0.5, 0.6) is 0 Å². The minimum Gasteiger partial charge on any atom is -0.299 e. The van der Waals surface area contributed by atoms with E-state index in [9.17, 15) is 0 Å². The Morgan fingerprint density at radius 3 is 2.77 bits per heavy atom. The second kappa shape index (κ2) is 7.29. The Hall–Kier alpha value is -0.640. The number of rotatable bonds is 5. The highest BCUT2D eigenvalue weighted by atomic mass is 35.5. The summed E-state index contributed by atoms with van der Waals surface area (Å²) in [6, 6.07) is 6.61. The van der Waals surface area contributed by atoms with Crippen LogP contribution in [0.2, 0.25) is 5.15 Å². The van der Waals surface area contributed by atoms with E-state index in [-0.39, 0.29) is 0 Å². The predicted molar refractivity (Wildman–Crippen MR) is 92.1 cm³/mol. The fourth-order valence-corrected chi connectivity index (χ4v) is 3.72. The average molecular weight is 322 g/mol. The Labute approximate surface area is 139 Å². The van der Waals surface area contributed by atoms with Crippen LogP contribution in [-0.2, 0) is 6.54 Å². The first-order valence-corrected chi connectivity index (χ1v) is 9.07. The van der Waals surface area contributed by atoms with Crippen molar-refractivity contribution in [1.29, 1.82) is 0 Å². The zero-order chi connectivity index (χ0) is 15.5. The molecule has 0 radical (unpaired) electrons. The minimum atomic E-state index is 0.600. The molecule has 1 aromatic heterocycles. The number of aromatic nitrogens is 1. The van der Waals surface area contributed by atoms with Crippen LogP contribution in [-0.4, -0.2) is 47.0 Å². The van der Waals surface area contributed by atoms with E-state index in [1.54, 1.807) is 0 Å². The summed E-state index contributed by atoms with van der Waals surface area (Å²) in [6.45, 7) is 10.5. The highest BCUT2D eigenvalue weighted by molar-refractivity contribution is 6.29. The minimum absolute atomic E-state index is 0.600. The maximum absolute atomic E-state index is 6.02. The van der Waals surface area contributed by atoms with Crippen molar-refractivity contribution < 1.29 is 0 Å². The van der Waals surface area contributed by atoms with Crippen molar-refractivity contribution in [2.75, 3.05) is 26.2 Å². The molecule has 1 saturated carbocycles. The van der Waals surface area contributed by atoms with Gasteiger partial charge in [-0.1, -0.05) is 31.5 Å². The zero-order valence-corrected chi connectivity index (χ0v) is 14.6. The van der Waals surface area contributed by atoms with Gasteiger partial charge in [0.1, 0.15) is 5.15 Å². The molecule has 1 aliphatic carbocycles. The number of pyridine rings is 1. The van der Waals surface area contributed by atoms with E-state index in [2.05, 4.69) is 34.7 Å². The lowest BCUT2D eigenvalue weighted by atomic mass is 10.0. The molecule has 1 aromatic rings. The van der Waals surface area contributed by atoms with Crippen molar-refractivity contribution in [3.05, 3.63) is 29.0 Å². The standard InChI is InChI=1S/C18H28ClN3/c1-14(2)17-13-21(12-16-5-3-6-18(19)20-16)9-4-10-22(17)11-15-7-8-15/h3,5-6,14-15,17H,4,7-13H2,1-2H3/t17-/m0/s1. The molecular weight excluding hydrogens is 294 g/mol. The van der Waals surface area contributed by atoms with Crippen LogP contribution >= 0.6 is 11.6 Å². The molecule has 4 heteroatoms. The van der Waals surface area contributed by atoms with Crippen molar-refractivity contribution in [2.45, 2.75) is 45.7 Å². The summed E-state index contributed by atoms with van der Waals surface area (Å²) in [7, 11) is 0. The smallest absolute Gasteiger partial charge is 0.129 e. The average Bonchev–Trinajstić information content (AvgIpc) is 3.28. The maximum Gasteiger partial charge on any atom is 0.129 e. The summed E-state index contributed by atoms with van der Waals surface area (Å²) < 4.78 is 0. The summed E-state index contributed by atoms with van der Waals surface area (Å²) in [5.41, 5.74) is 1.09. The topological polar surface area (TPSA) is 19.4 Å². The Morgan fingerprint density at radius 2 is 2.09 bits per heavy atom. The van der Waals surface area contributed by atoms with Gasteiger partial charge in [0.25, 0.3) is 0 Å². The molecule has 22 heavy (non-hydrogen) atoms. The lowest BCUT2D eigenvalue weighted by Gasteiger charge is -2.34. The molecule has 0 bridgehead atoms. The van der Waals surface area contributed by atoms with Gasteiger partial charge in [0, 0.05) is 25.7 Å². The number of nitrogens with zero attached hydrogens (tertiary/aromatic N) is 3. The molecule has 0 N–H and O–H groups in total. The largest absolute Gasteiger partial charge is 0.299 e. The second-order valence-electron chi connectivity index (χ2n) is 7.29. The number of hydrogen-bond donors (Lipinski definition) is 0. The predicted octanol–water partition coefficient (Wildman–Crippen LogP) is 3.68. The molecule has 2 fully saturated rings. The van der Waals surface area contributed by atoms with Gasteiger partial charge in [-0.25, -0.2) is 4.98 Å². The Morgan fingerprint density at radius 1 is 1.27 bits per heavy atom. The molecule has 3 rings (SSSR count). The summed E-state index contributed by atoms with van der Waals surface area (Å²) in [5.74, 6) is 1.68. The molecule has 0 amide bonds. The van der Waals surface area contributed by atoms with E-state index in [1.807, 2.05) is 12.1 Å². The first kappa shape index (κ1) is 16.2. The van der Waals surface area contributed by atoms with E-state index < -0.39 is 0 Å². The van der Waals surface area contributed by atoms with Gasteiger partial charge in [0.2, 0.25) is 0 Å². The molecule has 1 aliphatic heterocycles. The Kier molecular flexibility index (Phi) is 5.37. The van der Waals surface area contributed by atoms with E-state index >= 15 is 0 Å². The third-order valence-corrected chi connectivity index (χ3v) is 5.16. The van der Waals surface area contributed by atoms with Crippen LogP contribution in [0.15, 0.2) is 18.2 Å². The van der Waals surface area contributed by atoms with Crippen molar-refractivity contribution in [1.82, 2.24) is 14.8 Å². The third kappa shape index (κ3) is 4.43. The summed E-state index contributed by atoms with van der Waals surface area (Å²) in [4.78, 5) is 9.78. The Bertz CT molecular complexity index is 487. The third-order valence-electron chi connectivity index (χ3n) is 4.95. The SMILES string of the molecule is CC(C)[C@@H]1CN(Cc2cccc(Cl)n2)CCCN1CC1CC1. The van der Waals surface area contributed by atoms with Crippen molar-refractivity contribution in [3.8, 4) is 0 Å². The van der Waals surface area contributed by atoms with Gasteiger partial charge in [0.15, 0.2) is 0 Å². The summed E-state index contributed by atoms with van der Waals surface area (Å²) in [5, 5.41) is 0.600. The van der Waals surface area contributed by atoms with Crippen LogP contribution in [0.3, 0.4) is 0 Å². The van der Waals surface area contributed by atoms with Crippen molar-refractivity contribution >= 4 is 11.6 Å². The van der Waals surface area contributed by atoms with Gasteiger partial charge in [0.05, 0.1) is 5.69 Å². The fraction of sp³-hybridized carbons (Fsp3) is 0.722. The number of halogens is 1. The van der Waals surface area contributed by atoms with E-state index in [4.69, 9.17) is 11.6 Å². The van der Waals surface area contributed by atoms with Crippen LogP contribution in [0.25, 0.3) is 0 Å². The molecule has 0 spiro atoms. The lowest BCUT2D eigenvalue weighted by molar-refractivity contribution is 0.131.